The maximum atomic E-state index is 8.69. The summed E-state index contributed by atoms with van der Waals surface area (Å²) in [5.41, 5.74) is 0. The molecule has 0 atom stereocenters. The van der Waals surface area contributed by atoms with Crippen LogP contribution in [0.3, 0.4) is 0 Å². The molecule has 0 fully saturated rings. The molecule has 0 spiro atoms. The van der Waals surface area contributed by atoms with Gasteiger partial charge in [-0.05, 0) is 0 Å². The van der Waals surface area contributed by atoms with E-state index in [9.17, 15) is 0 Å². The Balaban J connectivity index is -0.0000000800. The summed E-state index contributed by atoms with van der Waals surface area (Å²) in [6, 6.07) is 0. The molecular formula is HCuLiO4Si. The third-order valence-electron chi connectivity index (χ3n) is 0. The van der Waals surface area contributed by atoms with E-state index in [-0.39, 0.29) is 35.9 Å². The van der Waals surface area contributed by atoms with E-state index in [1.54, 1.807) is 0 Å². The summed E-state index contributed by atoms with van der Waals surface area (Å²) in [6.45, 7) is 0. The van der Waals surface area contributed by atoms with Gasteiger partial charge in [0.15, 0.2) is 0 Å². The fourth-order valence-corrected chi connectivity index (χ4v) is 0. The van der Waals surface area contributed by atoms with E-state index in [4.69, 9.17) is 19.2 Å². The molecule has 1 radical (unpaired) electrons. The molecule has 1 N–H and O–H groups in total. The molecule has 0 heterocycles. The van der Waals surface area contributed by atoms with Crippen molar-refractivity contribution in [2.45, 2.75) is 0 Å². The van der Waals surface area contributed by atoms with Gasteiger partial charge in [0.05, 0.1) is 0 Å². The van der Waals surface area contributed by atoms with Gasteiger partial charge in [0.25, 0.3) is 0 Å². The van der Waals surface area contributed by atoms with Gasteiger partial charge in [-0.1, -0.05) is 0 Å². The van der Waals surface area contributed by atoms with Crippen LogP contribution in [0.5, 0.6) is 0 Å². The summed E-state index contributed by atoms with van der Waals surface area (Å²) < 4.78 is 0. The van der Waals surface area contributed by atoms with Gasteiger partial charge in [-0.2, -0.15) is 0 Å². The van der Waals surface area contributed by atoms with Gasteiger partial charge < -0.3 is 19.2 Å². The molecule has 0 saturated carbocycles. The Bertz CT molecular complexity index is 27.2. The van der Waals surface area contributed by atoms with Crippen LogP contribution in [0.25, 0.3) is 0 Å². The predicted octanol–water partition coefficient (Wildman–Crippen LogP) is -7.50. The molecule has 0 rings (SSSR count). The quantitative estimate of drug-likeness (QED) is 0.360. The molecule has 4 nitrogen and oxygen atoms in total. The van der Waals surface area contributed by atoms with Gasteiger partial charge >= 0.3 is 35.9 Å². The van der Waals surface area contributed by atoms with Crippen LogP contribution in [0.4, 0.5) is 0 Å². The Morgan fingerprint density at radius 2 is 1.14 bits per heavy atom. The molecular weight excluding hydrogens is 163 g/mol. The zero-order valence-electron chi connectivity index (χ0n) is 3.47. The van der Waals surface area contributed by atoms with Crippen molar-refractivity contribution in [3.63, 3.8) is 0 Å². The molecule has 0 aromatic heterocycles. The van der Waals surface area contributed by atoms with Crippen LogP contribution in [-0.2, 0) is 17.1 Å². The standard InChI is InChI=1S/Cu.Li.HO4Si/c;;1-5(2,3)4/h;;1H/q+2;+1;-3. The minimum atomic E-state index is -5.36. The Morgan fingerprint density at radius 1 is 1.14 bits per heavy atom. The maximum absolute atomic E-state index is 8.69. The van der Waals surface area contributed by atoms with Crippen LogP contribution in [-0.4, -0.2) is 13.8 Å². The first-order chi connectivity index (χ1) is 2.00. The molecule has 0 saturated heterocycles. The van der Waals surface area contributed by atoms with Crippen LogP contribution in [0.1, 0.15) is 0 Å². The van der Waals surface area contributed by atoms with Crippen molar-refractivity contribution in [3.05, 3.63) is 0 Å². The van der Waals surface area contributed by atoms with E-state index >= 15 is 0 Å². The minimum absolute atomic E-state index is 0. The smallest absolute Gasteiger partial charge is 0.861 e. The summed E-state index contributed by atoms with van der Waals surface area (Å²) in [5, 5.41) is 0. The van der Waals surface area contributed by atoms with Gasteiger partial charge in [0, 0.05) is 0 Å². The zero-order valence-corrected chi connectivity index (χ0v) is 5.42. The largest absolute Gasteiger partial charge is 2.00 e. The van der Waals surface area contributed by atoms with Crippen molar-refractivity contribution in [1.29, 1.82) is 0 Å². The van der Waals surface area contributed by atoms with E-state index < -0.39 is 9.05 Å². The summed E-state index contributed by atoms with van der Waals surface area (Å²) >= 11 is 0. The summed E-state index contributed by atoms with van der Waals surface area (Å²) in [5.74, 6) is 0. The molecule has 0 amide bonds. The van der Waals surface area contributed by atoms with Crippen molar-refractivity contribution >= 4 is 9.05 Å². The Labute approximate surface area is 64.3 Å². The molecule has 0 aliphatic carbocycles. The fraction of sp³-hybridized carbons (Fsp3) is 0. The predicted molar refractivity (Wildman–Crippen MR) is 7.97 cm³/mol. The summed E-state index contributed by atoms with van der Waals surface area (Å²) in [4.78, 5) is 33.1. The van der Waals surface area contributed by atoms with Gasteiger partial charge in [-0.15, -0.1) is 9.05 Å². The SMILES string of the molecule is [Cu+2].[Li+].[O-][Si]([O-])([O-])O. The molecule has 7 heavy (non-hydrogen) atoms. The first-order valence-corrected chi connectivity index (χ1v) is 2.51. The molecule has 0 bridgehead atoms. The molecule has 0 unspecified atom stereocenters. The number of hydrogen-bond donors (Lipinski definition) is 1. The van der Waals surface area contributed by atoms with Crippen LogP contribution in [0.2, 0.25) is 0 Å². The zero-order chi connectivity index (χ0) is 4.50. The average molecular weight is 164 g/mol. The Hall–Kier alpha value is 1.17. The Morgan fingerprint density at radius 3 is 1.14 bits per heavy atom. The number of rotatable bonds is 0. The summed E-state index contributed by atoms with van der Waals surface area (Å²) in [6.07, 6.45) is 0. The number of hydrogen-bond acceptors (Lipinski definition) is 4. The van der Waals surface area contributed by atoms with Crippen molar-refractivity contribution in [2.75, 3.05) is 0 Å². The molecule has 0 aliphatic heterocycles. The molecule has 0 aromatic rings. The van der Waals surface area contributed by atoms with Gasteiger partial charge in [0.1, 0.15) is 0 Å². The molecule has 41 valence electrons. The van der Waals surface area contributed by atoms with Crippen molar-refractivity contribution in [1.82, 2.24) is 0 Å². The van der Waals surface area contributed by atoms with E-state index in [0.717, 1.165) is 0 Å². The topological polar surface area (TPSA) is 89.4 Å². The summed E-state index contributed by atoms with van der Waals surface area (Å²) in [7, 11) is -5.36. The van der Waals surface area contributed by atoms with Gasteiger partial charge in [-0.25, -0.2) is 0 Å². The van der Waals surface area contributed by atoms with Crippen LogP contribution >= 0.6 is 0 Å². The van der Waals surface area contributed by atoms with E-state index in [0.29, 0.717) is 0 Å². The second-order valence-corrected chi connectivity index (χ2v) is 1.57. The van der Waals surface area contributed by atoms with Crippen molar-refractivity contribution in [3.8, 4) is 0 Å². The second kappa shape index (κ2) is 5.31. The third kappa shape index (κ3) is 139. The van der Waals surface area contributed by atoms with Crippen LogP contribution in [0, 0.1) is 0 Å². The first-order valence-electron chi connectivity index (χ1n) is 0.836. The van der Waals surface area contributed by atoms with Crippen molar-refractivity contribution < 1.29 is 55.1 Å². The van der Waals surface area contributed by atoms with E-state index in [1.807, 2.05) is 0 Å². The van der Waals surface area contributed by atoms with Crippen LogP contribution in [0.15, 0.2) is 0 Å². The second-order valence-electron chi connectivity index (χ2n) is 0.524. The third-order valence-corrected chi connectivity index (χ3v) is 0. The molecule has 0 aromatic carbocycles. The molecule has 0 aliphatic rings. The molecule has 7 heteroatoms. The fourth-order valence-electron chi connectivity index (χ4n) is 0. The monoisotopic (exact) mass is 163 g/mol. The van der Waals surface area contributed by atoms with E-state index in [2.05, 4.69) is 0 Å². The first kappa shape index (κ1) is 15.7. The van der Waals surface area contributed by atoms with Crippen molar-refractivity contribution in [2.24, 2.45) is 0 Å². The van der Waals surface area contributed by atoms with Crippen LogP contribution < -0.4 is 33.2 Å². The van der Waals surface area contributed by atoms with E-state index in [1.165, 1.54) is 0 Å². The Kier molecular flexibility index (Phi) is 11.9. The normalized spacial score (nSPS) is 8.57. The van der Waals surface area contributed by atoms with Gasteiger partial charge in [0.2, 0.25) is 0 Å². The maximum Gasteiger partial charge on any atom is 2.00 e. The average Bonchev–Trinajstić information content (AvgIpc) is 0.722. The minimum Gasteiger partial charge on any atom is -0.861 e. The van der Waals surface area contributed by atoms with Gasteiger partial charge in [-0.3, -0.25) is 0 Å².